The van der Waals surface area contributed by atoms with Crippen LogP contribution >= 0.6 is 23.9 Å². The molecule has 0 aliphatic rings. The van der Waals surface area contributed by atoms with Crippen molar-refractivity contribution in [1.29, 1.82) is 0 Å². The van der Waals surface area contributed by atoms with Gasteiger partial charge in [0, 0.05) is 65.4 Å². The molecule has 0 aromatic carbocycles. The van der Waals surface area contributed by atoms with Crippen molar-refractivity contribution in [3.05, 3.63) is 36.1 Å². The molecule has 8 nitrogen and oxygen atoms in total. The highest BCUT2D eigenvalue weighted by Gasteiger charge is 2.14. The van der Waals surface area contributed by atoms with Crippen molar-refractivity contribution in [1.82, 2.24) is 24.3 Å². The summed E-state index contributed by atoms with van der Waals surface area (Å²) in [4.78, 5) is 28.1. The van der Waals surface area contributed by atoms with E-state index in [1.54, 1.807) is 29.4 Å². The second-order valence-electron chi connectivity index (χ2n) is 8.53. The summed E-state index contributed by atoms with van der Waals surface area (Å²) in [7, 11) is 3.95. The van der Waals surface area contributed by atoms with Gasteiger partial charge in [0.05, 0.1) is 0 Å². The van der Waals surface area contributed by atoms with Crippen LogP contribution in [0, 0.1) is 0 Å². The van der Waals surface area contributed by atoms with Crippen molar-refractivity contribution in [2.45, 2.75) is 51.9 Å². The second-order valence-corrected chi connectivity index (χ2v) is 10.1. The van der Waals surface area contributed by atoms with E-state index in [4.69, 9.17) is 5.21 Å². The van der Waals surface area contributed by atoms with Gasteiger partial charge in [0.2, 0.25) is 11.8 Å². The zero-order valence-electron chi connectivity index (χ0n) is 22.3. The maximum absolute atomic E-state index is 13.0. The molecule has 0 aromatic heterocycles. The Labute approximate surface area is 221 Å². The lowest BCUT2D eigenvalue weighted by molar-refractivity contribution is -0.132. The van der Waals surface area contributed by atoms with Crippen LogP contribution in [0.15, 0.2) is 36.1 Å². The second kappa shape index (κ2) is 21.8. The Kier molecular flexibility index (Phi) is 20.9. The van der Waals surface area contributed by atoms with Gasteiger partial charge in [-0.05, 0) is 63.7 Å². The van der Waals surface area contributed by atoms with Crippen LogP contribution in [-0.4, -0.2) is 90.5 Å². The molecule has 0 fully saturated rings. The molecule has 2 amide bonds. The summed E-state index contributed by atoms with van der Waals surface area (Å²) in [6, 6.07) is 0. The summed E-state index contributed by atoms with van der Waals surface area (Å²) >= 11 is 3.43. The Hall–Kier alpha value is -1.46. The molecule has 0 bridgehead atoms. The summed E-state index contributed by atoms with van der Waals surface area (Å²) in [6.45, 7) is 10.2. The van der Waals surface area contributed by atoms with Gasteiger partial charge in [-0.2, -0.15) is 0 Å². The monoisotopic (exact) mass is 529 g/mol. The number of rotatable bonds is 21. The topological polar surface area (TPSA) is 88.1 Å². The lowest BCUT2D eigenvalue weighted by Gasteiger charge is -2.24. The van der Waals surface area contributed by atoms with Crippen molar-refractivity contribution in [3.8, 4) is 0 Å². The average Bonchev–Trinajstić information content (AvgIpc) is 2.84. The number of likely N-dealkylation sites (N-methyl/N-ethyl adjacent to an activating group) is 1. The molecular formula is C25H47N5O3S2. The first-order valence-corrected chi connectivity index (χ1v) is 14.6. The minimum Gasteiger partial charge on any atom is -0.378 e. The maximum atomic E-state index is 13.0. The molecule has 0 radical (unpaired) electrons. The lowest BCUT2D eigenvalue weighted by atomic mass is 10.1. The Morgan fingerprint density at radius 1 is 0.971 bits per heavy atom. The molecule has 3 N–H and O–H groups in total. The van der Waals surface area contributed by atoms with E-state index >= 15 is 0 Å². The molecule has 0 atom stereocenters. The summed E-state index contributed by atoms with van der Waals surface area (Å²) < 4.78 is 5.67. The fraction of sp³-hybridized carbons (Fsp3) is 0.680. The predicted octanol–water partition coefficient (Wildman–Crippen LogP) is 4.08. The molecular weight excluding hydrogens is 482 g/mol. The third kappa shape index (κ3) is 17.6. The Morgan fingerprint density at radius 2 is 1.63 bits per heavy atom. The van der Waals surface area contributed by atoms with E-state index in [1.165, 1.54) is 0 Å². The number of amides is 2. The smallest absolute Gasteiger partial charge is 0.243 e. The minimum atomic E-state index is -0.415. The van der Waals surface area contributed by atoms with Gasteiger partial charge in [0.25, 0.3) is 0 Å². The van der Waals surface area contributed by atoms with Gasteiger partial charge in [-0.15, -0.1) is 0 Å². The number of nitrogens with one attached hydrogen (secondary N) is 2. The Bertz CT molecular complexity index is 671. The van der Waals surface area contributed by atoms with Gasteiger partial charge in [0.15, 0.2) is 0 Å². The maximum Gasteiger partial charge on any atom is 0.243 e. The molecule has 0 aliphatic carbocycles. The van der Waals surface area contributed by atoms with Gasteiger partial charge in [-0.3, -0.25) is 23.8 Å². The molecule has 202 valence electrons. The van der Waals surface area contributed by atoms with Crippen LogP contribution in [-0.2, 0) is 9.59 Å². The number of hydrogen-bond donors (Lipinski definition) is 3. The fourth-order valence-electron chi connectivity index (χ4n) is 3.36. The summed E-state index contributed by atoms with van der Waals surface area (Å²) in [5.74, 6) is -0.311. The van der Waals surface area contributed by atoms with Crippen LogP contribution in [0.1, 0.15) is 51.9 Å². The third-order valence-corrected chi connectivity index (χ3v) is 6.78. The van der Waals surface area contributed by atoms with E-state index < -0.39 is 5.91 Å². The molecule has 0 aromatic rings. The molecule has 0 aliphatic heterocycles. The zero-order chi connectivity index (χ0) is 26.5. The van der Waals surface area contributed by atoms with E-state index in [-0.39, 0.29) is 12.3 Å². The van der Waals surface area contributed by atoms with Crippen molar-refractivity contribution in [3.63, 3.8) is 0 Å². The van der Waals surface area contributed by atoms with E-state index in [0.717, 1.165) is 50.2 Å². The summed E-state index contributed by atoms with van der Waals surface area (Å²) in [5, 5.41) is 8.62. The summed E-state index contributed by atoms with van der Waals surface area (Å²) in [5.41, 5.74) is 3.75. The van der Waals surface area contributed by atoms with Gasteiger partial charge in [-0.25, -0.2) is 5.48 Å². The summed E-state index contributed by atoms with van der Waals surface area (Å²) in [6.07, 6.45) is 14.9. The number of carbonyl (C=O) groups excluding carboxylic acids is 2. The van der Waals surface area contributed by atoms with E-state index in [0.29, 0.717) is 32.4 Å². The normalized spacial score (nSPS) is 12.1. The molecule has 0 heterocycles. The molecule has 0 saturated carbocycles. The third-order valence-electron chi connectivity index (χ3n) is 5.40. The standard InChI is InChI=1S/C25H47N5O3S2/c1-7-23(28(3)4)16-15-22(2)21-29(25(32)14-9-8-13-24(31)27-33)18-10-11-19-30(35-6)20-12-17-26-34-5/h7,15-16,26,33H,1,8-14,17-21H2,2-6H3,(H,27,31)/b22-15+,23-16+. The highest BCUT2D eigenvalue weighted by Crippen LogP contribution is 2.12. The Balaban J connectivity index is 4.90. The van der Waals surface area contributed by atoms with Crippen LogP contribution in [0.2, 0.25) is 0 Å². The highest BCUT2D eigenvalue weighted by molar-refractivity contribution is 7.96. The predicted molar refractivity (Wildman–Crippen MR) is 151 cm³/mol. The SMILES string of the molecule is C=C/C(=C\C=C(/C)CN(CCCCN(CCCNSC)SC)C(=O)CCCCC(=O)NO)N(C)C. The molecule has 0 spiro atoms. The molecule has 10 heteroatoms. The van der Waals surface area contributed by atoms with Gasteiger partial charge in [0.1, 0.15) is 0 Å². The number of hydroxylamine groups is 1. The molecule has 35 heavy (non-hydrogen) atoms. The Morgan fingerprint density at radius 3 is 2.23 bits per heavy atom. The first kappa shape index (κ1) is 33.5. The quantitative estimate of drug-likeness (QED) is 0.0674. The fourth-order valence-corrected chi connectivity index (χ4v) is 4.34. The van der Waals surface area contributed by atoms with Crippen LogP contribution in [0.5, 0.6) is 0 Å². The number of carbonyl (C=O) groups is 2. The zero-order valence-corrected chi connectivity index (χ0v) is 24.0. The van der Waals surface area contributed by atoms with Crippen LogP contribution in [0.3, 0.4) is 0 Å². The van der Waals surface area contributed by atoms with Crippen molar-refractivity contribution in [2.24, 2.45) is 0 Å². The first-order chi connectivity index (χ1) is 16.8. The molecule has 0 unspecified atom stereocenters. The molecule has 0 saturated heterocycles. The van der Waals surface area contributed by atoms with Gasteiger partial charge < -0.3 is 9.80 Å². The minimum absolute atomic E-state index is 0.104. The number of nitrogens with zero attached hydrogens (tertiary/aromatic N) is 3. The van der Waals surface area contributed by atoms with Gasteiger partial charge >= 0.3 is 0 Å². The number of unbranched alkanes of at least 4 members (excludes halogenated alkanes) is 2. The van der Waals surface area contributed by atoms with Crippen molar-refractivity contribution >= 4 is 35.7 Å². The van der Waals surface area contributed by atoms with E-state index in [2.05, 4.69) is 21.9 Å². The van der Waals surface area contributed by atoms with E-state index in [1.807, 2.05) is 55.3 Å². The van der Waals surface area contributed by atoms with E-state index in [9.17, 15) is 9.59 Å². The highest BCUT2D eigenvalue weighted by atomic mass is 32.2. The largest absolute Gasteiger partial charge is 0.378 e. The lowest BCUT2D eigenvalue weighted by Crippen LogP contribution is -2.33. The molecule has 0 rings (SSSR count). The van der Waals surface area contributed by atoms with Crippen molar-refractivity contribution < 1.29 is 14.8 Å². The first-order valence-electron chi connectivity index (χ1n) is 12.2. The van der Waals surface area contributed by atoms with Crippen molar-refractivity contribution in [2.75, 3.05) is 59.3 Å². The number of hydrogen-bond acceptors (Lipinski definition) is 8. The average molecular weight is 530 g/mol. The van der Waals surface area contributed by atoms with Crippen LogP contribution < -0.4 is 10.2 Å². The van der Waals surface area contributed by atoms with Crippen LogP contribution in [0.4, 0.5) is 0 Å². The number of allylic oxidation sites excluding steroid dienone is 3. The van der Waals surface area contributed by atoms with Gasteiger partial charge in [-0.1, -0.05) is 42.1 Å². The van der Waals surface area contributed by atoms with Crippen LogP contribution in [0.25, 0.3) is 0 Å².